The van der Waals surface area contributed by atoms with Gasteiger partial charge in [0.2, 0.25) is 0 Å². The Labute approximate surface area is 210 Å². The Morgan fingerprint density at radius 2 is 2.08 bits per heavy atom. The second-order valence-corrected chi connectivity index (χ2v) is 9.45. The molecule has 2 N–H and O–H groups in total. The third-order valence-corrected chi connectivity index (χ3v) is 6.99. The van der Waals surface area contributed by atoms with Crippen molar-refractivity contribution in [3.63, 3.8) is 0 Å². The van der Waals surface area contributed by atoms with Crippen LogP contribution in [0.2, 0.25) is 0 Å². The lowest BCUT2D eigenvalue weighted by Crippen LogP contribution is -2.40. The van der Waals surface area contributed by atoms with Gasteiger partial charge < -0.3 is 15.0 Å². The zero-order valence-electron chi connectivity index (χ0n) is 19.1. The zero-order chi connectivity index (χ0) is 26.3. The van der Waals surface area contributed by atoms with Gasteiger partial charge in [-0.15, -0.1) is 11.3 Å². The summed E-state index contributed by atoms with van der Waals surface area (Å²) in [5.41, 5.74) is 0.872. The van der Waals surface area contributed by atoms with Crippen LogP contribution in [0.25, 0.3) is 21.5 Å². The molecule has 0 bridgehead atoms. The molecule has 37 heavy (non-hydrogen) atoms. The number of alkyl halides is 3. The summed E-state index contributed by atoms with van der Waals surface area (Å²) in [5.74, 6) is -0.538. The van der Waals surface area contributed by atoms with E-state index in [2.05, 4.69) is 30.2 Å². The van der Waals surface area contributed by atoms with Crippen molar-refractivity contribution in [3.05, 3.63) is 63.3 Å². The lowest BCUT2D eigenvalue weighted by atomic mass is 10.1. The minimum absolute atomic E-state index is 0.0752. The Morgan fingerprint density at radius 1 is 1.27 bits per heavy atom. The molecule has 14 heteroatoms. The van der Waals surface area contributed by atoms with Gasteiger partial charge in [-0.05, 0) is 43.2 Å². The van der Waals surface area contributed by atoms with Crippen molar-refractivity contribution in [1.29, 1.82) is 0 Å². The predicted octanol–water partition coefficient (Wildman–Crippen LogP) is 4.77. The second-order valence-electron chi connectivity index (χ2n) is 8.31. The Balaban J connectivity index is 1.35. The molecule has 192 valence electrons. The molecule has 9 nitrogen and oxygen atoms in total. The molecule has 1 unspecified atom stereocenters. The minimum Gasteiger partial charge on any atom is -0.437 e. The van der Waals surface area contributed by atoms with Gasteiger partial charge in [-0.2, -0.15) is 18.3 Å². The number of hydrogen-bond donors (Lipinski definition) is 2. The average molecular weight is 534 g/mol. The number of aromatic nitrogens is 4. The molecule has 0 saturated heterocycles. The molecule has 1 amide bonds. The Kier molecular flexibility index (Phi) is 6.27. The maximum atomic E-state index is 14.5. The van der Waals surface area contributed by atoms with Gasteiger partial charge in [0.15, 0.2) is 23.6 Å². The molecule has 0 fully saturated rings. The first-order valence-corrected chi connectivity index (χ1v) is 11.8. The summed E-state index contributed by atoms with van der Waals surface area (Å²) in [7, 11) is 0. The van der Waals surface area contributed by atoms with Gasteiger partial charge in [0.25, 0.3) is 5.56 Å². The Bertz CT molecular complexity index is 1550. The second kappa shape index (κ2) is 9.42. The van der Waals surface area contributed by atoms with Crippen LogP contribution in [0.1, 0.15) is 17.4 Å². The van der Waals surface area contributed by atoms with Crippen molar-refractivity contribution >= 4 is 39.7 Å². The monoisotopic (exact) mass is 534 g/mol. The fourth-order valence-electron chi connectivity index (χ4n) is 3.78. The van der Waals surface area contributed by atoms with Gasteiger partial charge in [0, 0.05) is 22.5 Å². The largest absolute Gasteiger partial charge is 0.437 e. The summed E-state index contributed by atoms with van der Waals surface area (Å²) >= 11 is 1.36. The van der Waals surface area contributed by atoms with Crippen molar-refractivity contribution in [3.8, 4) is 10.7 Å². The van der Waals surface area contributed by atoms with Gasteiger partial charge in [-0.1, -0.05) is 0 Å². The van der Waals surface area contributed by atoms with Crippen molar-refractivity contribution in [2.45, 2.75) is 32.2 Å². The van der Waals surface area contributed by atoms with E-state index in [0.717, 1.165) is 23.6 Å². The van der Waals surface area contributed by atoms with E-state index in [-0.39, 0.29) is 30.3 Å². The quantitative estimate of drug-likeness (QED) is 0.363. The van der Waals surface area contributed by atoms with Gasteiger partial charge in [0.1, 0.15) is 0 Å². The molecule has 1 aliphatic heterocycles. The summed E-state index contributed by atoms with van der Waals surface area (Å²) < 4.78 is 57.3. The Hall–Kier alpha value is -4.07. The highest BCUT2D eigenvalue weighted by Crippen LogP contribution is 2.35. The number of amides is 1. The number of hydrogen-bond acceptors (Lipinski definition) is 8. The van der Waals surface area contributed by atoms with Crippen LogP contribution in [-0.4, -0.2) is 50.0 Å². The van der Waals surface area contributed by atoms with E-state index < -0.39 is 24.2 Å². The maximum absolute atomic E-state index is 14.5. The molecular weight excluding hydrogens is 516 g/mol. The van der Waals surface area contributed by atoms with E-state index in [1.165, 1.54) is 22.4 Å². The fraction of sp³-hybridized carbons (Fsp3) is 0.261. The number of ether oxygens (including phenoxy) is 1. The number of aromatic amines is 1. The molecule has 1 aliphatic rings. The lowest BCUT2D eigenvalue weighted by molar-refractivity contribution is -0.199. The number of carbonyl (C=O) groups excluding carboxylic acids is 1. The molecule has 0 radical (unpaired) electrons. The van der Waals surface area contributed by atoms with E-state index in [4.69, 9.17) is 0 Å². The molecule has 3 aromatic heterocycles. The van der Waals surface area contributed by atoms with Gasteiger partial charge in [0.05, 0.1) is 29.2 Å². The summed E-state index contributed by atoms with van der Waals surface area (Å²) in [6, 6.07) is 6.56. The summed E-state index contributed by atoms with van der Waals surface area (Å²) in [6.45, 7) is 1.06. The normalized spacial score (nSPS) is 14.4. The van der Waals surface area contributed by atoms with Crippen molar-refractivity contribution in [2.75, 3.05) is 11.9 Å². The van der Waals surface area contributed by atoms with Crippen LogP contribution < -0.4 is 10.9 Å². The highest BCUT2D eigenvalue weighted by molar-refractivity contribution is 7.15. The highest BCUT2D eigenvalue weighted by Gasteiger charge is 2.40. The first-order chi connectivity index (χ1) is 17.6. The maximum Gasteiger partial charge on any atom is 0.425 e. The van der Waals surface area contributed by atoms with E-state index >= 15 is 0 Å². The number of halogens is 4. The summed E-state index contributed by atoms with van der Waals surface area (Å²) in [6.07, 6.45) is -4.97. The van der Waals surface area contributed by atoms with Crippen molar-refractivity contribution in [1.82, 2.24) is 25.1 Å². The molecule has 1 aromatic carbocycles. The van der Waals surface area contributed by atoms with Crippen LogP contribution in [0.5, 0.6) is 0 Å². The lowest BCUT2D eigenvalue weighted by Gasteiger charge is -2.28. The van der Waals surface area contributed by atoms with Gasteiger partial charge in [-0.25, -0.2) is 24.3 Å². The van der Waals surface area contributed by atoms with Crippen LogP contribution in [0.3, 0.4) is 0 Å². The van der Waals surface area contributed by atoms with Crippen molar-refractivity contribution < 1.29 is 27.1 Å². The molecular formula is C23H18F4N6O3S. The molecule has 5 rings (SSSR count). The SMILES string of the molecule is CC(OC(=O)N1CCc2sc(-c3ncc(F)c(Nc4ccc5c(=O)[nH]ncc5c4)n3)cc2C1)C(F)(F)F. The van der Waals surface area contributed by atoms with Gasteiger partial charge >= 0.3 is 12.3 Å². The number of fused-ring (bicyclic) bond motifs is 2. The Morgan fingerprint density at radius 3 is 2.86 bits per heavy atom. The summed E-state index contributed by atoms with van der Waals surface area (Å²) in [4.78, 5) is 35.2. The fourth-order valence-corrected chi connectivity index (χ4v) is 4.88. The average Bonchev–Trinajstić information content (AvgIpc) is 3.28. The number of benzene rings is 1. The van der Waals surface area contributed by atoms with Crippen LogP contribution in [-0.2, 0) is 17.7 Å². The highest BCUT2D eigenvalue weighted by atomic mass is 32.1. The molecule has 0 aliphatic carbocycles. The zero-order valence-corrected chi connectivity index (χ0v) is 19.9. The van der Waals surface area contributed by atoms with Crippen LogP contribution >= 0.6 is 11.3 Å². The standard InChI is InChI=1S/C23H18F4N6O3S/c1-11(23(25,26)27)36-22(35)33-5-4-17-13(10-33)7-18(37-17)20-28-9-16(24)19(31-20)30-14-2-3-15-12(6-14)8-29-32-21(15)34/h2-3,6-9,11H,4-5,10H2,1H3,(H,32,34)(H,28,30,31). The third kappa shape index (κ3) is 5.09. The number of H-pyrrole nitrogens is 1. The van der Waals surface area contributed by atoms with Crippen LogP contribution in [0.4, 0.5) is 33.9 Å². The van der Waals surface area contributed by atoms with E-state index in [9.17, 15) is 27.2 Å². The number of nitrogens with zero attached hydrogens (tertiary/aromatic N) is 4. The number of anilines is 2. The van der Waals surface area contributed by atoms with Crippen LogP contribution in [0.15, 0.2) is 41.5 Å². The van der Waals surface area contributed by atoms with E-state index in [1.807, 2.05) is 0 Å². The van der Waals surface area contributed by atoms with E-state index in [0.29, 0.717) is 27.8 Å². The molecule has 0 spiro atoms. The van der Waals surface area contributed by atoms with Crippen molar-refractivity contribution in [2.24, 2.45) is 0 Å². The summed E-state index contributed by atoms with van der Waals surface area (Å²) in [5, 5.41) is 9.97. The van der Waals surface area contributed by atoms with Crippen LogP contribution in [0, 0.1) is 5.82 Å². The molecule has 1 atom stereocenters. The number of carbonyl (C=O) groups is 1. The topological polar surface area (TPSA) is 113 Å². The first-order valence-electron chi connectivity index (χ1n) is 11.0. The third-order valence-electron chi connectivity index (χ3n) is 5.76. The minimum atomic E-state index is -4.64. The number of rotatable bonds is 4. The van der Waals surface area contributed by atoms with Gasteiger partial charge in [-0.3, -0.25) is 4.79 Å². The number of thiophene rings is 1. The smallest absolute Gasteiger partial charge is 0.425 e. The molecule has 4 heterocycles. The predicted molar refractivity (Wildman–Crippen MR) is 127 cm³/mol. The molecule has 0 saturated carbocycles. The first kappa shape index (κ1) is 24.6. The molecule has 4 aromatic rings. The number of nitrogens with one attached hydrogen (secondary N) is 2. The van der Waals surface area contributed by atoms with E-state index in [1.54, 1.807) is 24.3 Å².